The number of aromatic nitrogens is 2. The lowest BCUT2D eigenvalue weighted by Gasteiger charge is -2.27. The van der Waals surface area contributed by atoms with Crippen molar-refractivity contribution in [3.8, 4) is 5.75 Å². The first-order valence-corrected chi connectivity index (χ1v) is 11.0. The van der Waals surface area contributed by atoms with E-state index in [0.717, 1.165) is 10.0 Å². The Labute approximate surface area is 207 Å². The van der Waals surface area contributed by atoms with Gasteiger partial charge in [-0.1, -0.05) is 22.0 Å². The number of benzene rings is 2. The van der Waals surface area contributed by atoms with Gasteiger partial charge in [0.15, 0.2) is 6.61 Å². The number of anilines is 1. The highest BCUT2D eigenvalue weighted by molar-refractivity contribution is 9.10. The van der Waals surface area contributed by atoms with E-state index in [-0.39, 0.29) is 31.1 Å². The average molecular weight is 554 g/mol. The van der Waals surface area contributed by atoms with Gasteiger partial charge in [-0.25, -0.2) is 4.79 Å². The van der Waals surface area contributed by atoms with E-state index in [1.54, 1.807) is 24.3 Å². The van der Waals surface area contributed by atoms with Crippen molar-refractivity contribution in [2.75, 3.05) is 11.9 Å². The second-order valence-electron chi connectivity index (χ2n) is 7.75. The lowest BCUT2D eigenvalue weighted by Crippen LogP contribution is -2.41. The molecule has 1 aliphatic heterocycles. The van der Waals surface area contributed by atoms with Crippen molar-refractivity contribution in [2.24, 2.45) is 5.73 Å². The fourth-order valence-electron chi connectivity index (χ4n) is 4.08. The molecule has 0 radical (unpaired) electrons. The van der Waals surface area contributed by atoms with E-state index in [1.807, 2.05) is 6.07 Å². The van der Waals surface area contributed by atoms with Gasteiger partial charge in [-0.15, -0.1) is 12.4 Å². The number of nitrogens with zero attached hydrogens (tertiary/aromatic N) is 1. The van der Waals surface area contributed by atoms with Crippen LogP contribution in [0.1, 0.15) is 30.0 Å². The molecule has 1 atom stereocenters. The maximum Gasteiger partial charge on any atom is 0.341 e. The summed E-state index contributed by atoms with van der Waals surface area (Å²) in [7, 11) is 0. The highest BCUT2D eigenvalue weighted by Crippen LogP contribution is 2.33. The van der Waals surface area contributed by atoms with Gasteiger partial charge in [0.25, 0.3) is 0 Å². The van der Waals surface area contributed by atoms with Gasteiger partial charge in [0.2, 0.25) is 5.91 Å². The van der Waals surface area contributed by atoms with Gasteiger partial charge in [-0.05, 0) is 48.2 Å². The van der Waals surface area contributed by atoms with Crippen molar-refractivity contribution >= 4 is 56.9 Å². The van der Waals surface area contributed by atoms with Crippen LogP contribution in [0, 0.1) is 0 Å². The summed E-state index contributed by atoms with van der Waals surface area (Å²) in [6.45, 7) is -0.358. The standard InChI is InChI=1S/C22H21BrN4O6.ClH/c23-13-6-12-2-3-14(27-20(12)16(7-13)26-21(31)22(27)32)8-18(28)25-15-4-1-11(9-24)5-17(15)33-10-19(29)30;/h1,4-7,14H,2-3,8-10,24H2,(H,25,28)(H,26,31)(H,29,30);1H/t14-;/m0./s1. The maximum absolute atomic E-state index is 12.9. The van der Waals surface area contributed by atoms with Crippen molar-refractivity contribution in [1.29, 1.82) is 0 Å². The van der Waals surface area contributed by atoms with Crippen LogP contribution in [0.15, 0.2) is 44.4 Å². The van der Waals surface area contributed by atoms with Crippen LogP contribution < -0.4 is 26.9 Å². The predicted molar refractivity (Wildman–Crippen MR) is 132 cm³/mol. The molecule has 0 saturated carbocycles. The third kappa shape index (κ3) is 5.16. The number of carbonyl (C=O) groups is 2. The number of hydrogen-bond acceptors (Lipinski definition) is 6. The number of H-pyrrole nitrogens is 1. The largest absolute Gasteiger partial charge is 0.480 e. The van der Waals surface area contributed by atoms with Gasteiger partial charge in [0.05, 0.1) is 16.7 Å². The zero-order valence-corrected chi connectivity index (χ0v) is 20.2. The molecule has 180 valence electrons. The fraction of sp³-hybridized carbons (Fsp3) is 0.273. The van der Waals surface area contributed by atoms with E-state index in [4.69, 9.17) is 15.6 Å². The smallest absolute Gasteiger partial charge is 0.341 e. The molecule has 2 heterocycles. The molecule has 0 spiro atoms. The number of amides is 1. The van der Waals surface area contributed by atoms with Crippen LogP contribution in [0.4, 0.5) is 5.69 Å². The summed E-state index contributed by atoms with van der Waals surface area (Å²) >= 11 is 3.42. The summed E-state index contributed by atoms with van der Waals surface area (Å²) in [5, 5.41) is 11.6. The Morgan fingerprint density at radius 2 is 2.03 bits per heavy atom. The number of aliphatic carboxylic acids is 1. The van der Waals surface area contributed by atoms with Crippen LogP contribution in [0.25, 0.3) is 11.0 Å². The monoisotopic (exact) mass is 552 g/mol. The summed E-state index contributed by atoms with van der Waals surface area (Å²) in [6, 6.07) is 7.97. The van der Waals surface area contributed by atoms with Crippen molar-refractivity contribution in [3.05, 3.63) is 66.6 Å². The first kappa shape index (κ1) is 25.5. The van der Waals surface area contributed by atoms with Crippen molar-refractivity contribution < 1.29 is 19.4 Å². The Kier molecular flexibility index (Phi) is 7.80. The zero-order chi connectivity index (χ0) is 23.7. The number of ether oxygens (including phenoxy) is 1. The number of nitrogens with two attached hydrogens (primary N) is 1. The minimum absolute atomic E-state index is 0. The van der Waals surface area contributed by atoms with Crippen LogP contribution in [0.3, 0.4) is 0 Å². The summed E-state index contributed by atoms with van der Waals surface area (Å²) in [5.74, 6) is -1.37. The minimum atomic E-state index is -1.16. The Balaban J connectivity index is 0.00000324. The summed E-state index contributed by atoms with van der Waals surface area (Å²) in [6.07, 6.45) is 1.09. The molecule has 1 aliphatic rings. The molecule has 4 rings (SSSR count). The number of carboxylic acids is 1. The van der Waals surface area contributed by atoms with Crippen molar-refractivity contribution in [2.45, 2.75) is 31.8 Å². The predicted octanol–water partition coefficient (Wildman–Crippen LogP) is 2.31. The third-order valence-corrected chi connectivity index (χ3v) is 5.95. The van der Waals surface area contributed by atoms with Gasteiger partial charge in [0, 0.05) is 23.5 Å². The molecule has 2 aromatic carbocycles. The number of aryl methyl sites for hydroxylation is 1. The maximum atomic E-state index is 12.9. The lowest BCUT2D eigenvalue weighted by atomic mass is 9.96. The number of carbonyl (C=O) groups excluding carboxylic acids is 1. The molecule has 0 bridgehead atoms. The second-order valence-corrected chi connectivity index (χ2v) is 8.67. The molecule has 12 heteroatoms. The molecule has 3 aromatic rings. The van der Waals surface area contributed by atoms with Crippen LogP contribution >= 0.6 is 28.3 Å². The number of nitrogens with one attached hydrogen (secondary N) is 2. The molecule has 0 unspecified atom stereocenters. The number of hydrogen-bond donors (Lipinski definition) is 4. The minimum Gasteiger partial charge on any atom is -0.480 e. The van der Waals surface area contributed by atoms with Gasteiger partial charge in [-0.3, -0.25) is 19.0 Å². The molecule has 0 saturated heterocycles. The molecular weight excluding hydrogens is 532 g/mol. The van der Waals surface area contributed by atoms with Gasteiger partial charge >= 0.3 is 17.1 Å². The van der Waals surface area contributed by atoms with Gasteiger partial charge in [0.1, 0.15) is 5.75 Å². The van der Waals surface area contributed by atoms with E-state index >= 15 is 0 Å². The fourth-order valence-corrected chi connectivity index (χ4v) is 4.58. The molecule has 0 aliphatic carbocycles. The molecule has 10 nitrogen and oxygen atoms in total. The van der Waals surface area contributed by atoms with Crippen LogP contribution in [-0.2, 0) is 22.6 Å². The number of carboxylic acid groups (broad SMARTS) is 1. The Hall–Kier alpha value is -3.15. The van der Waals surface area contributed by atoms with E-state index in [0.29, 0.717) is 35.1 Å². The molecule has 34 heavy (non-hydrogen) atoms. The topological polar surface area (TPSA) is 157 Å². The SMILES string of the molecule is Cl.NCc1ccc(NC(=O)C[C@@H]2CCc3cc(Br)cc4[nH]c(=O)c(=O)n2c34)c(OCC(=O)O)c1. The molecule has 1 aromatic heterocycles. The molecular formula is C22H22BrClN4O6. The highest BCUT2D eigenvalue weighted by atomic mass is 79.9. The van der Waals surface area contributed by atoms with Crippen LogP contribution in [0.5, 0.6) is 5.75 Å². The van der Waals surface area contributed by atoms with Crippen LogP contribution in [0.2, 0.25) is 0 Å². The lowest BCUT2D eigenvalue weighted by molar-refractivity contribution is -0.139. The number of halogens is 2. The Bertz CT molecular complexity index is 1390. The Morgan fingerprint density at radius 3 is 2.74 bits per heavy atom. The first-order valence-electron chi connectivity index (χ1n) is 10.2. The van der Waals surface area contributed by atoms with Crippen molar-refractivity contribution in [1.82, 2.24) is 9.55 Å². The third-order valence-electron chi connectivity index (χ3n) is 5.50. The van der Waals surface area contributed by atoms with E-state index < -0.39 is 35.6 Å². The summed E-state index contributed by atoms with van der Waals surface area (Å²) in [5.41, 5.74) is 7.23. The van der Waals surface area contributed by atoms with Gasteiger partial charge in [-0.2, -0.15) is 0 Å². The van der Waals surface area contributed by atoms with Gasteiger partial charge < -0.3 is 25.9 Å². The normalized spacial score (nSPS) is 14.4. The van der Waals surface area contributed by atoms with Crippen molar-refractivity contribution in [3.63, 3.8) is 0 Å². The summed E-state index contributed by atoms with van der Waals surface area (Å²) < 4.78 is 7.49. The van der Waals surface area contributed by atoms with E-state index in [1.165, 1.54) is 4.57 Å². The van der Waals surface area contributed by atoms with E-state index in [9.17, 15) is 19.2 Å². The molecule has 5 N–H and O–H groups in total. The first-order chi connectivity index (χ1) is 15.8. The molecule has 0 fully saturated rings. The summed E-state index contributed by atoms with van der Waals surface area (Å²) in [4.78, 5) is 51.3. The second kappa shape index (κ2) is 10.4. The van der Waals surface area contributed by atoms with E-state index in [2.05, 4.69) is 26.2 Å². The van der Waals surface area contributed by atoms with Crippen LogP contribution in [-0.4, -0.2) is 33.1 Å². The number of aromatic amines is 1. The quantitative estimate of drug-likeness (QED) is 0.327. The molecule has 1 amide bonds. The number of rotatable bonds is 7. The zero-order valence-electron chi connectivity index (χ0n) is 17.8. The average Bonchev–Trinajstić information content (AvgIpc) is 2.77. The highest BCUT2D eigenvalue weighted by Gasteiger charge is 2.27. The Morgan fingerprint density at radius 1 is 1.26 bits per heavy atom.